The van der Waals surface area contributed by atoms with Crippen LogP contribution in [0.25, 0.3) is 0 Å². The molecule has 0 saturated carbocycles. The van der Waals surface area contributed by atoms with Crippen LogP contribution >= 0.6 is 0 Å². The maximum Gasteiger partial charge on any atom is 0.232 e. The van der Waals surface area contributed by atoms with E-state index in [1.54, 1.807) is 0 Å². The van der Waals surface area contributed by atoms with Crippen molar-refractivity contribution in [2.45, 2.75) is 24.8 Å². The highest BCUT2D eigenvalue weighted by atomic mass is 16.3. The number of aliphatic hydroxyl groups excluding tert-OH is 1. The number of benzene rings is 1. The van der Waals surface area contributed by atoms with Crippen molar-refractivity contribution in [1.82, 2.24) is 4.90 Å². The van der Waals surface area contributed by atoms with Gasteiger partial charge in [-0.25, -0.2) is 0 Å². The van der Waals surface area contributed by atoms with Gasteiger partial charge >= 0.3 is 0 Å². The van der Waals surface area contributed by atoms with E-state index in [0.717, 1.165) is 30.6 Å². The largest absolute Gasteiger partial charge is 0.394 e. The molecule has 96 valence electrons. The van der Waals surface area contributed by atoms with E-state index in [4.69, 9.17) is 0 Å². The number of fused-ring (bicyclic) bond motifs is 1. The summed E-state index contributed by atoms with van der Waals surface area (Å²) in [5.74, 6) is 0.0670. The number of aliphatic hydroxyl groups is 1. The van der Waals surface area contributed by atoms with Crippen molar-refractivity contribution in [3.8, 4) is 0 Å². The Morgan fingerprint density at radius 1 is 1.44 bits per heavy atom. The number of carbonyl (C=O) groups excluding carboxylic acids is 1. The van der Waals surface area contributed by atoms with Crippen LogP contribution in [0.2, 0.25) is 0 Å². The van der Waals surface area contributed by atoms with Crippen LogP contribution in [0, 0.1) is 0 Å². The second kappa shape index (κ2) is 4.61. The number of nitrogens with one attached hydrogen (secondary N) is 1. The molecule has 0 aliphatic carbocycles. The van der Waals surface area contributed by atoms with E-state index >= 15 is 0 Å². The van der Waals surface area contributed by atoms with Crippen LogP contribution in [-0.4, -0.2) is 41.7 Å². The average molecular weight is 246 g/mol. The first-order valence-corrected chi connectivity index (χ1v) is 6.55. The molecule has 2 aliphatic heterocycles. The molecule has 1 fully saturated rings. The molecule has 0 radical (unpaired) electrons. The Balaban J connectivity index is 1.82. The second-order valence-corrected chi connectivity index (χ2v) is 5.03. The molecular formula is C14H18N2O2. The molecule has 1 aromatic rings. The van der Waals surface area contributed by atoms with Gasteiger partial charge in [0, 0.05) is 18.8 Å². The van der Waals surface area contributed by atoms with Crippen LogP contribution in [-0.2, 0) is 4.79 Å². The van der Waals surface area contributed by atoms with Gasteiger partial charge in [0.2, 0.25) is 5.91 Å². The van der Waals surface area contributed by atoms with E-state index in [0.29, 0.717) is 6.54 Å². The lowest BCUT2D eigenvalue weighted by Gasteiger charge is -2.26. The minimum Gasteiger partial charge on any atom is -0.394 e. The maximum atomic E-state index is 12.6. The maximum absolute atomic E-state index is 12.6. The Labute approximate surface area is 107 Å². The minimum atomic E-state index is -0.0895. The van der Waals surface area contributed by atoms with Gasteiger partial charge in [-0.3, -0.25) is 4.79 Å². The van der Waals surface area contributed by atoms with Crippen molar-refractivity contribution < 1.29 is 9.90 Å². The summed E-state index contributed by atoms with van der Waals surface area (Å²) in [6.45, 7) is 1.53. The highest BCUT2D eigenvalue weighted by Gasteiger charge is 2.36. The van der Waals surface area contributed by atoms with Crippen LogP contribution in [0.15, 0.2) is 24.3 Å². The molecule has 0 bridgehead atoms. The number of hydrogen-bond donors (Lipinski definition) is 2. The topological polar surface area (TPSA) is 52.6 Å². The molecule has 3 rings (SSSR count). The zero-order chi connectivity index (χ0) is 12.5. The van der Waals surface area contributed by atoms with Crippen LogP contribution in [0.3, 0.4) is 0 Å². The highest BCUT2D eigenvalue weighted by molar-refractivity contribution is 5.88. The van der Waals surface area contributed by atoms with E-state index in [-0.39, 0.29) is 24.5 Å². The fraction of sp³-hybridized carbons (Fsp3) is 0.500. The van der Waals surface area contributed by atoms with Crippen LogP contribution < -0.4 is 5.32 Å². The first-order valence-electron chi connectivity index (χ1n) is 6.55. The Bertz CT molecular complexity index is 461. The quantitative estimate of drug-likeness (QED) is 0.824. The van der Waals surface area contributed by atoms with E-state index in [2.05, 4.69) is 5.32 Å². The number of hydrogen-bond acceptors (Lipinski definition) is 3. The summed E-state index contributed by atoms with van der Waals surface area (Å²) in [5.41, 5.74) is 2.15. The Hall–Kier alpha value is -1.55. The van der Waals surface area contributed by atoms with Crippen LogP contribution in [0.4, 0.5) is 5.69 Å². The molecule has 18 heavy (non-hydrogen) atoms. The van der Waals surface area contributed by atoms with Crippen molar-refractivity contribution in [3.05, 3.63) is 29.8 Å². The molecule has 1 aromatic carbocycles. The van der Waals surface area contributed by atoms with Crippen molar-refractivity contribution in [2.75, 3.05) is 25.0 Å². The molecule has 2 atom stereocenters. The summed E-state index contributed by atoms with van der Waals surface area (Å²) in [4.78, 5) is 14.4. The molecule has 2 heterocycles. The van der Waals surface area contributed by atoms with Gasteiger partial charge in [-0.2, -0.15) is 0 Å². The van der Waals surface area contributed by atoms with Crippen molar-refractivity contribution in [2.24, 2.45) is 0 Å². The SMILES string of the molecule is O=C(C1CNc2ccccc21)N1CCCC1CO. The number of rotatable bonds is 2. The van der Waals surface area contributed by atoms with Gasteiger partial charge in [0.15, 0.2) is 0 Å². The predicted octanol–water partition coefficient (Wildman–Crippen LogP) is 1.18. The van der Waals surface area contributed by atoms with Gasteiger partial charge in [-0.05, 0) is 24.5 Å². The first kappa shape index (κ1) is 11.5. The Morgan fingerprint density at radius 2 is 2.28 bits per heavy atom. The number of amides is 1. The highest BCUT2D eigenvalue weighted by Crippen LogP contribution is 2.33. The van der Waals surface area contributed by atoms with Gasteiger partial charge in [0.05, 0.1) is 18.6 Å². The third-order valence-corrected chi connectivity index (χ3v) is 4.00. The smallest absolute Gasteiger partial charge is 0.232 e. The monoisotopic (exact) mass is 246 g/mol. The molecule has 1 amide bonds. The summed E-state index contributed by atoms with van der Waals surface area (Å²) in [5, 5.41) is 12.6. The van der Waals surface area contributed by atoms with Crippen molar-refractivity contribution in [1.29, 1.82) is 0 Å². The molecule has 2 N–H and O–H groups in total. The fourth-order valence-electron chi connectivity index (χ4n) is 3.02. The summed E-state index contributed by atoms with van der Waals surface area (Å²) in [6, 6.07) is 7.99. The molecule has 1 saturated heterocycles. The molecule has 4 nitrogen and oxygen atoms in total. The van der Waals surface area contributed by atoms with Crippen LogP contribution in [0.5, 0.6) is 0 Å². The molecule has 4 heteroatoms. The fourth-order valence-corrected chi connectivity index (χ4v) is 3.02. The lowest BCUT2D eigenvalue weighted by molar-refractivity contribution is -0.133. The number of para-hydroxylation sites is 1. The number of nitrogens with zero attached hydrogens (tertiary/aromatic N) is 1. The Kier molecular flexibility index (Phi) is 2.96. The third-order valence-electron chi connectivity index (χ3n) is 4.00. The average Bonchev–Trinajstić information content (AvgIpc) is 3.04. The normalized spacial score (nSPS) is 25.9. The summed E-state index contributed by atoms with van der Waals surface area (Å²) in [7, 11) is 0. The molecule has 2 unspecified atom stereocenters. The molecular weight excluding hydrogens is 228 g/mol. The Morgan fingerprint density at radius 3 is 3.11 bits per heavy atom. The molecule has 0 aromatic heterocycles. The lowest BCUT2D eigenvalue weighted by atomic mass is 9.99. The third kappa shape index (κ3) is 1.77. The van der Waals surface area contributed by atoms with Gasteiger partial charge in [-0.1, -0.05) is 18.2 Å². The zero-order valence-electron chi connectivity index (χ0n) is 10.3. The number of anilines is 1. The summed E-state index contributed by atoms with van der Waals surface area (Å²) < 4.78 is 0. The van der Waals surface area contributed by atoms with Crippen molar-refractivity contribution in [3.63, 3.8) is 0 Å². The van der Waals surface area contributed by atoms with Gasteiger partial charge in [-0.15, -0.1) is 0 Å². The van der Waals surface area contributed by atoms with E-state index in [9.17, 15) is 9.90 Å². The minimum absolute atomic E-state index is 0.0188. The summed E-state index contributed by atoms with van der Waals surface area (Å²) in [6.07, 6.45) is 1.92. The second-order valence-electron chi connectivity index (χ2n) is 5.03. The summed E-state index contributed by atoms with van der Waals surface area (Å²) >= 11 is 0. The standard InChI is InChI=1S/C14H18N2O2/c17-9-10-4-3-7-16(10)14(18)12-8-15-13-6-2-1-5-11(12)13/h1-2,5-6,10,12,15,17H,3-4,7-9H2. The van der Waals surface area contributed by atoms with Crippen molar-refractivity contribution >= 4 is 11.6 Å². The van der Waals surface area contributed by atoms with Gasteiger partial charge in [0.25, 0.3) is 0 Å². The first-order chi connectivity index (χ1) is 8.81. The van der Waals surface area contributed by atoms with E-state index in [1.807, 2.05) is 29.2 Å². The number of likely N-dealkylation sites (tertiary alicyclic amines) is 1. The van der Waals surface area contributed by atoms with Crippen LogP contribution in [0.1, 0.15) is 24.3 Å². The lowest BCUT2D eigenvalue weighted by Crippen LogP contribution is -2.41. The molecule has 2 aliphatic rings. The van der Waals surface area contributed by atoms with E-state index < -0.39 is 0 Å². The molecule has 0 spiro atoms. The van der Waals surface area contributed by atoms with Gasteiger partial charge in [0.1, 0.15) is 0 Å². The predicted molar refractivity (Wildman–Crippen MR) is 69.5 cm³/mol. The number of carbonyl (C=O) groups is 1. The van der Waals surface area contributed by atoms with E-state index in [1.165, 1.54) is 0 Å². The zero-order valence-corrected chi connectivity index (χ0v) is 10.3. The van der Waals surface area contributed by atoms with Gasteiger partial charge < -0.3 is 15.3 Å².